The average molecular weight is 1250 g/mol. The van der Waals surface area contributed by atoms with Crippen LogP contribution >= 0.6 is 23.5 Å². The lowest BCUT2D eigenvalue weighted by molar-refractivity contribution is -0.192. The van der Waals surface area contributed by atoms with Crippen molar-refractivity contribution in [1.82, 2.24) is 59.1 Å². The number of benzene rings is 4. The van der Waals surface area contributed by atoms with Crippen molar-refractivity contribution >= 4 is 81.5 Å². The molecule has 24 nitrogen and oxygen atoms in total. The third-order valence-electron chi connectivity index (χ3n) is 12.9. The highest BCUT2D eigenvalue weighted by Crippen LogP contribution is 2.33. The number of halogens is 3. The van der Waals surface area contributed by atoms with E-state index in [9.17, 15) is 37.1 Å². The van der Waals surface area contributed by atoms with E-state index in [1.165, 1.54) is 23.5 Å². The van der Waals surface area contributed by atoms with Crippen molar-refractivity contribution in [1.29, 1.82) is 0 Å². The zero-order chi connectivity index (χ0) is 63.3. The lowest BCUT2D eigenvalue weighted by atomic mass is 10.2. The maximum absolute atomic E-state index is 13.2. The molecule has 0 atom stereocenters. The standard InChI is InChI=1S/C31H35N7O5S.C26H27N7O3S.C2HF3O2/c1-5-42-22-13-11-20(12-14-22)27-33-24(26(32)40)25-28(35-27)38(21-9-7-6-8-10-21)29(34-25)44-19-23(39)36-15-17-37(18-16-36)30(41)43-31(2,3)4;1-2-36-19-10-8-17(9-11-19)24-29-21(23(27)35)22-25(31-24)33(18-6-4-3-5-7-18)26(30-22)37-16-20(34)32-14-12-28-13-15-32;3-2(4,5)1(6)7/h6-14H,5,15-19H2,1-4H3,(H2,32,40);3-11,28H,2,12-16H2,1H3,(H2,27,35);(H,6,7). The number of carboxylic acids is 1. The summed E-state index contributed by atoms with van der Waals surface area (Å²) in [6, 6.07) is 33.6. The number of fused-ring (bicyclic) bond motifs is 2. The smallest absolute Gasteiger partial charge is 0.490 e. The Morgan fingerprint density at radius 1 is 0.557 bits per heavy atom. The molecule has 29 heteroatoms. The molecular formula is C59H63F3N14O10S2. The fourth-order valence-corrected chi connectivity index (χ4v) is 10.7. The summed E-state index contributed by atoms with van der Waals surface area (Å²) in [6.45, 7) is 14.9. The van der Waals surface area contributed by atoms with E-state index in [4.69, 9.17) is 55.5 Å². The van der Waals surface area contributed by atoms with Gasteiger partial charge in [0, 0.05) is 74.9 Å². The minimum atomic E-state index is -5.08. The number of amides is 5. The summed E-state index contributed by atoms with van der Waals surface area (Å²) >= 11 is 2.54. The zero-order valence-corrected chi connectivity index (χ0v) is 50.2. The van der Waals surface area contributed by atoms with Crippen molar-refractivity contribution in [3.8, 4) is 45.6 Å². The molecule has 4 aromatic carbocycles. The molecule has 10 rings (SSSR count). The predicted octanol–water partition coefficient (Wildman–Crippen LogP) is 7.29. The molecule has 2 fully saturated rings. The SMILES string of the molecule is CCOc1ccc(-c2nc(C(N)=O)c3nc(SCC(=O)N4CCN(C(=O)OC(C)(C)C)CC4)n(-c4ccccc4)c3n2)cc1.CCOc1ccc(-c2nc(C(N)=O)c3nc(SCC(=O)N4CCNCC4)n(-c4ccccc4)c3n2)cc1.O=C(O)C(F)(F)F. The first-order valence-corrected chi connectivity index (χ1v) is 29.6. The average Bonchev–Trinajstić information content (AvgIpc) is 2.95. The van der Waals surface area contributed by atoms with Crippen LogP contribution in [0, 0.1) is 0 Å². The van der Waals surface area contributed by atoms with Gasteiger partial charge < -0.3 is 50.8 Å². The molecule has 2 saturated heterocycles. The molecular weight excluding hydrogens is 1190 g/mol. The lowest BCUT2D eigenvalue weighted by Gasteiger charge is -2.35. The molecule has 0 bridgehead atoms. The topological polar surface area (TPSA) is 311 Å². The van der Waals surface area contributed by atoms with Crippen LogP contribution in [0.2, 0.25) is 0 Å². The molecule has 8 aromatic rings. The van der Waals surface area contributed by atoms with Gasteiger partial charge in [-0.3, -0.25) is 28.3 Å². The molecule has 2 aliphatic heterocycles. The number of nitrogens with two attached hydrogens (primary N) is 2. The fourth-order valence-electron chi connectivity index (χ4n) is 8.84. The Balaban J connectivity index is 0.000000208. The molecule has 0 unspecified atom stereocenters. The molecule has 6 N–H and O–H groups in total. The third-order valence-corrected chi connectivity index (χ3v) is 14.8. The minimum absolute atomic E-state index is 0.0139. The summed E-state index contributed by atoms with van der Waals surface area (Å²) in [6.07, 6.45) is -5.47. The molecule has 462 valence electrons. The molecule has 0 aliphatic carbocycles. The van der Waals surface area contributed by atoms with Crippen LogP contribution in [0.1, 0.15) is 55.6 Å². The van der Waals surface area contributed by atoms with Gasteiger partial charge in [-0.05, 0) is 107 Å². The van der Waals surface area contributed by atoms with Gasteiger partial charge in [-0.25, -0.2) is 39.5 Å². The summed E-state index contributed by atoms with van der Waals surface area (Å²) in [5.41, 5.74) is 15.2. The maximum Gasteiger partial charge on any atom is 0.490 e. The second kappa shape index (κ2) is 28.9. The number of rotatable bonds is 16. The first-order chi connectivity index (χ1) is 42.0. The molecule has 6 heterocycles. The Bertz CT molecular complexity index is 3780. The van der Waals surface area contributed by atoms with Crippen molar-refractivity contribution in [2.45, 2.75) is 56.7 Å². The minimum Gasteiger partial charge on any atom is -0.494 e. The monoisotopic (exact) mass is 1250 g/mol. The number of hydrogen-bond acceptors (Lipinski definition) is 18. The Labute approximate surface area is 511 Å². The van der Waals surface area contributed by atoms with Gasteiger partial charge >= 0.3 is 18.2 Å². The van der Waals surface area contributed by atoms with Crippen molar-refractivity contribution in [3.05, 3.63) is 121 Å². The number of nitrogens with zero attached hydrogens (tertiary/aromatic N) is 11. The van der Waals surface area contributed by atoms with Crippen molar-refractivity contribution in [2.24, 2.45) is 11.5 Å². The van der Waals surface area contributed by atoms with Crippen LogP contribution in [0.4, 0.5) is 18.0 Å². The highest BCUT2D eigenvalue weighted by atomic mass is 32.2. The number of piperazine rings is 2. The van der Waals surface area contributed by atoms with Gasteiger partial charge in [0.05, 0.1) is 24.7 Å². The molecule has 2 aliphatic rings. The summed E-state index contributed by atoms with van der Waals surface area (Å²) in [5.74, 6) is -1.88. The van der Waals surface area contributed by atoms with Gasteiger partial charge in [-0.1, -0.05) is 59.9 Å². The number of carbonyl (C=O) groups excluding carboxylic acids is 5. The van der Waals surface area contributed by atoms with Gasteiger partial charge in [-0.2, -0.15) is 13.2 Å². The van der Waals surface area contributed by atoms with E-state index < -0.39 is 29.6 Å². The Kier molecular flexibility index (Phi) is 21.2. The molecule has 0 radical (unpaired) electrons. The fraction of sp³-hybridized carbons (Fsp3) is 0.322. The highest BCUT2D eigenvalue weighted by Gasteiger charge is 2.38. The molecule has 0 saturated carbocycles. The van der Waals surface area contributed by atoms with Gasteiger partial charge in [0.25, 0.3) is 11.8 Å². The van der Waals surface area contributed by atoms with Crippen LogP contribution in [0.25, 0.3) is 56.5 Å². The number of hydrogen-bond donors (Lipinski definition) is 4. The number of aromatic nitrogens is 8. The van der Waals surface area contributed by atoms with Gasteiger partial charge in [0.2, 0.25) is 11.8 Å². The number of alkyl halides is 3. The Morgan fingerprint density at radius 3 is 1.28 bits per heavy atom. The summed E-state index contributed by atoms with van der Waals surface area (Å²) in [7, 11) is 0. The quantitative estimate of drug-likeness (QED) is 0.0690. The van der Waals surface area contributed by atoms with Gasteiger partial charge in [0.15, 0.2) is 44.6 Å². The van der Waals surface area contributed by atoms with Crippen molar-refractivity contribution in [2.75, 3.05) is 77.1 Å². The number of ether oxygens (including phenoxy) is 3. The van der Waals surface area contributed by atoms with Gasteiger partial charge in [-0.15, -0.1) is 0 Å². The number of thioether (sulfide) groups is 2. The van der Waals surface area contributed by atoms with Crippen LogP contribution in [-0.4, -0.2) is 183 Å². The van der Waals surface area contributed by atoms with Crippen molar-refractivity contribution in [3.63, 3.8) is 0 Å². The largest absolute Gasteiger partial charge is 0.494 e. The molecule has 0 spiro atoms. The lowest BCUT2D eigenvalue weighted by Crippen LogP contribution is -2.52. The first-order valence-electron chi connectivity index (χ1n) is 27.6. The van der Waals surface area contributed by atoms with Crippen LogP contribution in [0.15, 0.2) is 120 Å². The van der Waals surface area contributed by atoms with Crippen molar-refractivity contribution < 1.29 is 61.3 Å². The zero-order valence-electron chi connectivity index (χ0n) is 48.5. The number of carboxylic acid groups (broad SMARTS) is 1. The Morgan fingerprint density at radius 2 is 0.932 bits per heavy atom. The van der Waals surface area contributed by atoms with E-state index in [1.54, 1.807) is 14.4 Å². The van der Waals surface area contributed by atoms with Gasteiger partial charge in [0.1, 0.15) is 28.1 Å². The van der Waals surface area contributed by atoms with Crippen LogP contribution in [0.5, 0.6) is 11.5 Å². The third kappa shape index (κ3) is 16.4. The van der Waals surface area contributed by atoms with E-state index in [-0.39, 0.29) is 46.3 Å². The van der Waals surface area contributed by atoms with E-state index in [1.807, 2.05) is 153 Å². The second-order valence-corrected chi connectivity index (χ2v) is 22.2. The summed E-state index contributed by atoms with van der Waals surface area (Å²) < 4.78 is 51.9. The molecule has 88 heavy (non-hydrogen) atoms. The van der Waals surface area contributed by atoms with E-state index in [2.05, 4.69) is 15.3 Å². The van der Waals surface area contributed by atoms with E-state index in [0.717, 1.165) is 30.2 Å². The number of carbonyl (C=O) groups is 6. The molecule has 4 aromatic heterocycles. The predicted molar refractivity (Wildman–Crippen MR) is 323 cm³/mol. The summed E-state index contributed by atoms with van der Waals surface area (Å²) in [5, 5.41) is 11.4. The van der Waals surface area contributed by atoms with Crippen LogP contribution in [-0.2, 0) is 19.1 Å². The number of imidazole rings is 2. The van der Waals surface area contributed by atoms with E-state index in [0.29, 0.717) is 108 Å². The first kappa shape index (κ1) is 64.6. The van der Waals surface area contributed by atoms with E-state index >= 15 is 0 Å². The number of aliphatic carboxylic acids is 1. The molecule has 5 amide bonds. The number of primary amides is 2. The summed E-state index contributed by atoms with van der Waals surface area (Å²) in [4.78, 5) is 106. The number of nitrogens with one attached hydrogen (secondary N) is 1. The number of para-hydroxylation sites is 2. The second-order valence-electron chi connectivity index (χ2n) is 20.3. The Hall–Kier alpha value is -9.35. The highest BCUT2D eigenvalue weighted by molar-refractivity contribution is 8.00. The maximum atomic E-state index is 13.2. The van der Waals surface area contributed by atoms with Crippen LogP contribution in [0.3, 0.4) is 0 Å². The normalized spacial score (nSPS) is 13.4. The van der Waals surface area contributed by atoms with Crippen LogP contribution < -0.4 is 26.3 Å².